The van der Waals surface area contributed by atoms with Crippen LogP contribution in [0.5, 0.6) is 0 Å². The van der Waals surface area contributed by atoms with Crippen LogP contribution in [0.3, 0.4) is 0 Å². The summed E-state index contributed by atoms with van der Waals surface area (Å²) in [5.74, 6) is 0. The first-order chi connectivity index (χ1) is 5.91. The summed E-state index contributed by atoms with van der Waals surface area (Å²) in [5, 5.41) is 8.43. The third kappa shape index (κ3) is 9.88. The lowest BCUT2D eigenvalue weighted by Crippen LogP contribution is -2.03. The Balaban J connectivity index is 2.73. The molecule has 3 nitrogen and oxygen atoms in total. The van der Waals surface area contributed by atoms with Gasteiger partial charge in [0.25, 0.3) is 0 Å². The van der Waals surface area contributed by atoms with Crippen LogP contribution in [-0.2, 0) is 9.47 Å². The maximum atomic E-state index is 8.43. The number of aliphatic hydroxyl groups is 1. The number of ether oxygens (including phenoxy) is 2. The summed E-state index contributed by atoms with van der Waals surface area (Å²) in [6, 6.07) is 0. The van der Waals surface area contributed by atoms with Crippen molar-refractivity contribution in [1.82, 2.24) is 0 Å². The molecule has 0 aromatic rings. The van der Waals surface area contributed by atoms with E-state index in [9.17, 15) is 0 Å². The van der Waals surface area contributed by atoms with E-state index in [1.807, 2.05) is 0 Å². The molecule has 0 atom stereocenters. The standard InChI is InChI=1S/C9H20O3/c1-2-6-11-8-4-9-12-7-3-5-10/h10H,2-9H2,1H3. The smallest absolute Gasteiger partial charge is 0.0488 e. The maximum absolute atomic E-state index is 8.43. The van der Waals surface area contributed by atoms with Gasteiger partial charge >= 0.3 is 0 Å². The first kappa shape index (κ1) is 11.9. The molecule has 0 radical (unpaired) electrons. The third-order valence-electron chi connectivity index (χ3n) is 1.37. The van der Waals surface area contributed by atoms with E-state index in [2.05, 4.69) is 6.92 Å². The van der Waals surface area contributed by atoms with Crippen LogP contribution in [0.2, 0.25) is 0 Å². The summed E-state index contributed by atoms with van der Waals surface area (Å²) in [6.07, 6.45) is 2.76. The van der Waals surface area contributed by atoms with Crippen molar-refractivity contribution in [3.8, 4) is 0 Å². The molecule has 0 aromatic carbocycles. The van der Waals surface area contributed by atoms with Gasteiger partial charge in [-0.25, -0.2) is 0 Å². The highest BCUT2D eigenvalue weighted by Crippen LogP contribution is 1.88. The zero-order chi connectivity index (χ0) is 9.07. The Hall–Kier alpha value is -0.120. The van der Waals surface area contributed by atoms with Gasteiger partial charge in [0.15, 0.2) is 0 Å². The van der Waals surface area contributed by atoms with Crippen molar-refractivity contribution in [2.45, 2.75) is 26.2 Å². The summed E-state index contributed by atoms with van der Waals surface area (Å²) in [4.78, 5) is 0. The molecule has 0 aliphatic heterocycles. The van der Waals surface area contributed by atoms with Crippen LogP contribution >= 0.6 is 0 Å². The molecule has 0 aliphatic rings. The third-order valence-corrected chi connectivity index (χ3v) is 1.37. The van der Waals surface area contributed by atoms with Crippen molar-refractivity contribution in [1.29, 1.82) is 0 Å². The number of hydrogen-bond acceptors (Lipinski definition) is 3. The predicted octanol–water partition coefficient (Wildman–Crippen LogP) is 1.20. The van der Waals surface area contributed by atoms with E-state index in [0.717, 1.165) is 39.1 Å². The van der Waals surface area contributed by atoms with E-state index >= 15 is 0 Å². The Kier molecular flexibility index (Phi) is 10.8. The van der Waals surface area contributed by atoms with Crippen molar-refractivity contribution >= 4 is 0 Å². The molecule has 0 aromatic heterocycles. The van der Waals surface area contributed by atoms with Crippen molar-refractivity contribution in [3.05, 3.63) is 0 Å². The Morgan fingerprint density at radius 1 is 0.917 bits per heavy atom. The average Bonchev–Trinajstić information content (AvgIpc) is 2.10. The topological polar surface area (TPSA) is 38.7 Å². The minimum Gasteiger partial charge on any atom is -0.396 e. The van der Waals surface area contributed by atoms with E-state index in [-0.39, 0.29) is 6.61 Å². The van der Waals surface area contributed by atoms with Crippen LogP contribution in [0.4, 0.5) is 0 Å². The first-order valence-electron chi connectivity index (χ1n) is 4.68. The second-order valence-corrected chi connectivity index (χ2v) is 2.66. The summed E-state index contributed by atoms with van der Waals surface area (Å²) in [7, 11) is 0. The van der Waals surface area contributed by atoms with Gasteiger partial charge in [0.05, 0.1) is 0 Å². The SMILES string of the molecule is CCCOCCCOCCCO. The lowest BCUT2D eigenvalue weighted by molar-refractivity contribution is 0.0764. The molecule has 0 aliphatic carbocycles. The van der Waals surface area contributed by atoms with Gasteiger partial charge in [-0.2, -0.15) is 0 Å². The second-order valence-electron chi connectivity index (χ2n) is 2.66. The Bertz CT molecular complexity index is 66.2. The minimum absolute atomic E-state index is 0.215. The van der Waals surface area contributed by atoms with Crippen LogP contribution in [0.1, 0.15) is 26.2 Å². The lowest BCUT2D eigenvalue weighted by Gasteiger charge is -2.03. The molecule has 0 spiro atoms. The quantitative estimate of drug-likeness (QED) is 0.536. The summed E-state index contributed by atoms with van der Waals surface area (Å²) >= 11 is 0. The zero-order valence-electron chi connectivity index (χ0n) is 7.92. The fraction of sp³-hybridized carbons (Fsp3) is 1.00. The molecule has 0 rings (SSSR count). The van der Waals surface area contributed by atoms with Crippen LogP contribution in [-0.4, -0.2) is 38.1 Å². The van der Waals surface area contributed by atoms with Crippen LogP contribution in [0, 0.1) is 0 Å². The Morgan fingerprint density at radius 3 is 2.08 bits per heavy atom. The van der Waals surface area contributed by atoms with Gasteiger partial charge in [-0.1, -0.05) is 6.92 Å². The maximum Gasteiger partial charge on any atom is 0.0488 e. The molecule has 1 N–H and O–H groups in total. The molecule has 0 fully saturated rings. The van der Waals surface area contributed by atoms with Gasteiger partial charge in [0.2, 0.25) is 0 Å². The number of rotatable bonds is 9. The van der Waals surface area contributed by atoms with Crippen molar-refractivity contribution < 1.29 is 14.6 Å². The van der Waals surface area contributed by atoms with Crippen molar-refractivity contribution in [2.75, 3.05) is 33.0 Å². The molecule has 0 bridgehead atoms. The molecule has 0 unspecified atom stereocenters. The molecular formula is C9H20O3. The number of hydrogen-bond donors (Lipinski definition) is 1. The van der Waals surface area contributed by atoms with Crippen LogP contribution in [0.15, 0.2) is 0 Å². The summed E-state index contributed by atoms with van der Waals surface area (Å²) < 4.78 is 10.5. The van der Waals surface area contributed by atoms with Gasteiger partial charge in [0.1, 0.15) is 0 Å². The van der Waals surface area contributed by atoms with Crippen molar-refractivity contribution in [3.63, 3.8) is 0 Å². The molecule has 0 amide bonds. The van der Waals surface area contributed by atoms with E-state index in [4.69, 9.17) is 14.6 Å². The number of aliphatic hydroxyl groups excluding tert-OH is 1. The van der Waals surface area contributed by atoms with E-state index in [1.54, 1.807) is 0 Å². The van der Waals surface area contributed by atoms with E-state index < -0.39 is 0 Å². The molecule has 12 heavy (non-hydrogen) atoms. The normalized spacial score (nSPS) is 10.5. The summed E-state index contributed by atoms with van der Waals surface area (Å²) in [6.45, 7) is 5.34. The molecule has 3 heteroatoms. The van der Waals surface area contributed by atoms with E-state index in [0.29, 0.717) is 6.61 Å². The van der Waals surface area contributed by atoms with Crippen LogP contribution in [0.25, 0.3) is 0 Å². The first-order valence-corrected chi connectivity index (χ1v) is 4.68. The van der Waals surface area contributed by atoms with Gasteiger partial charge in [-0.15, -0.1) is 0 Å². The highest BCUT2D eigenvalue weighted by atomic mass is 16.5. The molecule has 0 heterocycles. The fourth-order valence-electron chi connectivity index (χ4n) is 0.778. The zero-order valence-corrected chi connectivity index (χ0v) is 7.92. The van der Waals surface area contributed by atoms with Gasteiger partial charge < -0.3 is 14.6 Å². The Labute approximate surface area is 74.7 Å². The fourth-order valence-corrected chi connectivity index (χ4v) is 0.778. The predicted molar refractivity (Wildman–Crippen MR) is 48.2 cm³/mol. The largest absolute Gasteiger partial charge is 0.396 e. The van der Waals surface area contributed by atoms with Gasteiger partial charge in [0, 0.05) is 33.0 Å². The highest BCUT2D eigenvalue weighted by Gasteiger charge is 1.89. The monoisotopic (exact) mass is 176 g/mol. The molecule has 0 saturated carbocycles. The van der Waals surface area contributed by atoms with Gasteiger partial charge in [-0.05, 0) is 19.3 Å². The molecule has 0 saturated heterocycles. The Morgan fingerprint density at radius 2 is 1.50 bits per heavy atom. The highest BCUT2D eigenvalue weighted by molar-refractivity contribution is 4.36. The second kappa shape index (κ2) is 10.9. The lowest BCUT2D eigenvalue weighted by atomic mass is 10.4. The minimum atomic E-state index is 0.215. The molecular weight excluding hydrogens is 156 g/mol. The molecule has 74 valence electrons. The van der Waals surface area contributed by atoms with Gasteiger partial charge in [-0.3, -0.25) is 0 Å². The van der Waals surface area contributed by atoms with Crippen LogP contribution < -0.4 is 0 Å². The average molecular weight is 176 g/mol. The van der Waals surface area contributed by atoms with E-state index in [1.165, 1.54) is 0 Å². The summed E-state index contributed by atoms with van der Waals surface area (Å²) in [5.41, 5.74) is 0. The van der Waals surface area contributed by atoms with Crippen molar-refractivity contribution in [2.24, 2.45) is 0 Å².